The van der Waals surface area contributed by atoms with Crippen LogP contribution >= 0.6 is 24.0 Å². The Morgan fingerprint density at radius 1 is 1.12 bits per heavy atom. The van der Waals surface area contributed by atoms with Crippen LogP contribution in [0.15, 0.2) is 59.6 Å². The lowest BCUT2D eigenvalue weighted by Gasteiger charge is -2.24. The van der Waals surface area contributed by atoms with E-state index in [4.69, 9.17) is 17.2 Å². The van der Waals surface area contributed by atoms with Crippen molar-refractivity contribution in [1.82, 2.24) is 4.90 Å². The minimum absolute atomic E-state index is 0.0999. The molecule has 1 heterocycles. The van der Waals surface area contributed by atoms with Gasteiger partial charge in [-0.2, -0.15) is 0 Å². The van der Waals surface area contributed by atoms with Gasteiger partial charge in [0.05, 0.1) is 17.1 Å². The number of rotatable bonds is 4. The van der Waals surface area contributed by atoms with Gasteiger partial charge in [-0.1, -0.05) is 66.4 Å². The van der Waals surface area contributed by atoms with E-state index >= 15 is 0 Å². The molecule has 6 heteroatoms. The van der Waals surface area contributed by atoms with Crippen molar-refractivity contribution in [3.05, 3.63) is 60.2 Å². The fourth-order valence-electron chi connectivity index (χ4n) is 2.78. The smallest absolute Gasteiger partial charge is 0.244 e. The number of anilines is 1. The van der Waals surface area contributed by atoms with Crippen molar-refractivity contribution in [1.29, 1.82) is 0 Å². The van der Waals surface area contributed by atoms with E-state index in [2.05, 4.69) is 24.1 Å². The van der Waals surface area contributed by atoms with Gasteiger partial charge in [-0.25, -0.2) is 4.99 Å². The number of hydrogen-bond donors (Lipinski definition) is 1. The van der Waals surface area contributed by atoms with Crippen LogP contribution in [0.4, 0.5) is 11.4 Å². The zero-order valence-corrected chi connectivity index (χ0v) is 16.4. The molecule has 0 saturated heterocycles. The molecule has 1 aliphatic rings. The summed E-state index contributed by atoms with van der Waals surface area (Å²) in [5.74, 6) is -0.0999. The van der Waals surface area contributed by atoms with Crippen LogP contribution in [0, 0.1) is 0 Å². The van der Waals surface area contributed by atoms with E-state index in [9.17, 15) is 4.79 Å². The Morgan fingerprint density at radius 2 is 1.77 bits per heavy atom. The Morgan fingerprint density at radius 3 is 2.46 bits per heavy atom. The van der Waals surface area contributed by atoms with Crippen LogP contribution in [-0.2, 0) is 4.79 Å². The molecule has 0 spiro atoms. The van der Waals surface area contributed by atoms with Crippen LogP contribution in [0.25, 0.3) is 0 Å². The van der Waals surface area contributed by atoms with Crippen LogP contribution in [0.2, 0.25) is 0 Å². The molecule has 2 aromatic carbocycles. The van der Waals surface area contributed by atoms with E-state index in [0.29, 0.717) is 4.32 Å². The number of carbonyl (C=O) groups excluding carboxylic acids is 1. The number of thioether (sulfide) groups is 1. The fraction of sp³-hybridized carbons (Fsp3) is 0.250. The van der Waals surface area contributed by atoms with Gasteiger partial charge in [0, 0.05) is 13.1 Å². The Bertz CT molecular complexity index is 832. The number of para-hydroxylation sites is 2. The molecule has 2 aromatic rings. The molecule has 134 valence electrons. The van der Waals surface area contributed by atoms with Crippen LogP contribution in [0.3, 0.4) is 0 Å². The summed E-state index contributed by atoms with van der Waals surface area (Å²) < 4.78 is 0.713. The summed E-state index contributed by atoms with van der Waals surface area (Å²) in [5.41, 5.74) is 3.14. The molecule has 0 aliphatic carbocycles. The summed E-state index contributed by atoms with van der Waals surface area (Å²) in [5, 5.41) is 2.50. The number of fused-ring (bicyclic) bond motifs is 1. The number of thiocarbonyl (C=S) groups is 1. The zero-order valence-electron chi connectivity index (χ0n) is 14.8. The minimum Gasteiger partial charge on any atom is -0.358 e. The van der Waals surface area contributed by atoms with Gasteiger partial charge in [-0.3, -0.25) is 4.79 Å². The van der Waals surface area contributed by atoms with Crippen molar-refractivity contribution < 1.29 is 4.79 Å². The predicted molar refractivity (Wildman–Crippen MR) is 115 cm³/mol. The third-order valence-electron chi connectivity index (χ3n) is 4.20. The molecule has 0 saturated carbocycles. The summed E-state index contributed by atoms with van der Waals surface area (Å²) in [6.07, 6.45) is 0. The quantitative estimate of drug-likeness (QED) is 0.790. The SMILES string of the molecule is CCN(CC)C(=S)SC1C(=O)Nc2ccccc2N=C1c1ccccc1. The summed E-state index contributed by atoms with van der Waals surface area (Å²) in [4.78, 5) is 19.9. The highest BCUT2D eigenvalue weighted by molar-refractivity contribution is 8.24. The van der Waals surface area contributed by atoms with E-state index in [0.717, 1.165) is 35.7 Å². The molecule has 0 bridgehead atoms. The topological polar surface area (TPSA) is 44.7 Å². The normalized spacial score (nSPS) is 16.2. The molecule has 0 aromatic heterocycles. The number of benzene rings is 2. The van der Waals surface area contributed by atoms with Crippen molar-refractivity contribution in [3.8, 4) is 0 Å². The van der Waals surface area contributed by atoms with E-state index in [1.54, 1.807) is 0 Å². The highest BCUT2D eigenvalue weighted by atomic mass is 32.2. The third kappa shape index (κ3) is 3.97. The first-order valence-corrected chi connectivity index (χ1v) is 9.92. The van der Waals surface area contributed by atoms with Crippen LogP contribution < -0.4 is 5.32 Å². The lowest BCUT2D eigenvalue weighted by Crippen LogP contribution is -2.36. The monoisotopic (exact) mass is 383 g/mol. The standard InChI is InChI=1S/C20H21N3OS2/c1-3-23(4-2)20(25)26-18-17(14-10-6-5-7-11-14)21-15-12-8-9-13-16(15)22-19(18)24/h5-13,18H,3-4H2,1-2H3,(H,22,24). The van der Waals surface area contributed by atoms with Gasteiger partial charge in [0.1, 0.15) is 9.57 Å². The van der Waals surface area contributed by atoms with Crippen molar-refractivity contribution in [3.63, 3.8) is 0 Å². The van der Waals surface area contributed by atoms with E-state index < -0.39 is 5.25 Å². The Hall–Kier alpha value is -2.18. The van der Waals surface area contributed by atoms with E-state index in [-0.39, 0.29) is 5.91 Å². The number of hydrogen-bond acceptors (Lipinski definition) is 4. The maximum absolute atomic E-state index is 13.0. The molecule has 0 radical (unpaired) electrons. The number of aliphatic imine (C=N–C) groups is 1. The van der Waals surface area contributed by atoms with Crippen LogP contribution in [0.1, 0.15) is 19.4 Å². The molecule has 1 atom stereocenters. The van der Waals surface area contributed by atoms with Crippen molar-refractivity contribution in [2.75, 3.05) is 18.4 Å². The molecule has 26 heavy (non-hydrogen) atoms. The van der Waals surface area contributed by atoms with Gasteiger partial charge in [0.2, 0.25) is 5.91 Å². The van der Waals surface area contributed by atoms with Crippen molar-refractivity contribution in [2.24, 2.45) is 4.99 Å². The number of nitrogens with zero attached hydrogens (tertiary/aromatic N) is 2. The molecule has 4 nitrogen and oxygen atoms in total. The van der Waals surface area contributed by atoms with Gasteiger partial charge >= 0.3 is 0 Å². The van der Waals surface area contributed by atoms with Gasteiger partial charge in [0.25, 0.3) is 0 Å². The first-order chi connectivity index (χ1) is 12.6. The number of carbonyl (C=O) groups is 1. The largest absolute Gasteiger partial charge is 0.358 e. The molecule has 1 unspecified atom stereocenters. The second-order valence-corrected chi connectivity index (χ2v) is 7.54. The highest BCUT2D eigenvalue weighted by Crippen LogP contribution is 2.32. The second-order valence-electron chi connectivity index (χ2n) is 5.81. The lowest BCUT2D eigenvalue weighted by atomic mass is 10.1. The summed E-state index contributed by atoms with van der Waals surface area (Å²) >= 11 is 6.98. The first-order valence-electron chi connectivity index (χ1n) is 8.63. The molecule has 3 rings (SSSR count). The summed E-state index contributed by atoms with van der Waals surface area (Å²) in [6.45, 7) is 5.75. The van der Waals surface area contributed by atoms with E-state index in [1.807, 2.05) is 54.6 Å². The Balaban J connectivity index is 2.04. The lowest BCUT2D eigenvalue weighted by molar-refractivity contribution is -0.114. The maximum atomic E-state index is 13.0. The molecule has 1 amide bonds. The van der Waals surface area contributed by atoms with E-state index in [1.165, 1.54) is 11.8 Å². The molecule has 0 fully saturated rings. The Kier molecular flexibility index (Phi) is 6.06. The van der Waals surface area contributed by atoms with Gasteiger partial charge in [-0.05, 0) is 31.5 Å². The summed E-state index contributed by atoms with van der Waals surface area (Å²) in [6, 6.07) is 17.4. The predicted octanol–water partition coefficient (Wildman–Crippen LogP) is 4.49. The molecule has 1 N–H and O–H groups in total. The molecular weight excluding hydrogens is 362 g/mol. The van der Waals surface area contributed by atoms with Crippen molar-refractivity contribution >= 4 is 51.3 Å². The zero-order chi connectivity index (χ0) is 18.5. The number of nitrogens with one attached hydrogen (secondary N) is 1. The third-order valence-corrected chi connectivity index (χ3v) is 5.88. The Labute approximate surface area is 163 Å². The van der Waals surface area contributed by atoms with Gasteiger partial charge < -0.3 is 10.2 Å². The van der Waals surface area contributed by atoms with Crippen molar-refractivity contribution in [2.45, 2.75) is 19.1 Å². The average molecular weight is 384 g/mol. The fourth-order valence-corrected chi connectivity index (χ4v) is 4.40. The van der Waals surface area contributed by atoms with Crippen LogP contribution in [-0.4, -0.2) is 39.2 Å². The van der Waals surface area contributed by atoms with Crippen LogP contribution in [0.5, 0.6) is 0 Å². The minimum atomic E-state index is -0.502. The summed E-state index contributed by atoms with van der Waals surface area (Å²) in [7, 11) is 0. The van der Waals surface area contributed by atoms with Gasteiger partial charge in [-0.15, -0.1) is 0 Å². The first kappa shape index (κ1) is 18.6. The second kappa shape index (κ2) is 8.47. The number of amides is 1. The maximum Gasteiger partial charge on any atom is 0.244 e. The van der Waals surface area contributed by atoms with Gasteiger partial charge in [0.15, 0.2) is 0 Å². The highest BCUT2D eigenvalue weighted by Gasteiger charge is 2.31. The molecule has 1 aliphatic heterocycles. The molecular formula is C20H21N3OS2. The average Bonchev–Trinajstić information content (AvgIpc) is 2.80.